The Balaban J connectivity index is 1.71. The zero-order chi connectivity index (χ0) is 18.6. The lowest BCUT2D eigenvalue weighted by Gasteiger charge is -2.43. The molecule has 2 aromatic carbocycles. The van der Waals surface area contributed by atoms with Crippen LogP contribution in [-0.4, -0.2) is 40.3 Å². The number of piperidine rings is 1. The summed E-state index contributed by atoms with van der Waals surface area (Å²) in [5.41, 5.74) is 2.48. The van der Waals surface area contributed by atoms with Crippen LogP contribution in [0.15, 0.2) is 54.6 Å². The number of carboxylic acids is 1. The Kier molecular flexibility index (Phi) is 5.74. The molecule has 0 aromatic heterocycles. The third-order valence-corrected chi connectivity index (χ3v) is 5.45. The van der Waals surface area contributed by atoms with Crippen LogP contribution in [0.25, 0.3) is 11.1 Å². The van der Waals surface area contributed by atoms with Crippen molar-refractivity contribution in [2.75, 3.05) is 13.1 Å². The molecule has 0 bridgehead atoms. The van der Waals surface area contributed by atoms with Crippen LogP contribution >= 0.6 is 0 Å². The molecule has 1 heterocycles. The first-order valence-corrected chi connectivity index (χ1v) is 9.33. The first kappa shape index (κ1) is 18.6. The maximum Gasteiger partial charge on any atom is 0.313 e. The van der Waals surface area contributed by atoms with Gasteiger partial charge in [0.1, 0.15) is 5.41 Å². The van der Waals surface area contributed by atoms with Crippen LogP contribution in [0.1, 0.15) is 31.7 Å². The molecule has 0 spiro atoms. The average Bonchev–Trinajstić information content (AvgIpc) is 2.66. The normalized spacial score (nSPS) is 23.7. The first-order valence-electron chi connectivity index (χ1n) is 9.33. The number of aliphatic hydroxyl groups is 1. The molecule has 0 saturated carbocycles. The van der Waals surface area contributed by atoms with Gasteiger partial charge in [0.05, 0.1) is 6.10 Å². The highest BCUT2D eigenvalue weighted by Crippen LogP contribution is 2.36. The molecule has 0 radical (unpaired) electrons. The van der Waals surface area contributed by atoms with E-state index in [4.69, 9.17) is 0 Å². The first-order chi connectivity index (χ1) is 12.5. The molecule has 1 fully saturated rings. The maximum absolute atomic E-state index is 11.9. The Morgan fingerprint density at radius 1 is 1.12 bits per heavy atom. The summed E-state index contributed by atoms with van der Waals surface area (Å²) in [5, 5.41) is 20.1. The van der Waals surface area contributed by atoms with Crippen molar-refractivity contribution < 1.29 is 15.0 Å². The van der Waals surface area contributed by atoms with Crippen LogP contribution in [-0.2, 0) is 11.3 Å². The summed E-state index contributed by atoms with van der Waals surface area (Å²) in [5.74, 6) is -0.879. The topological polar surface area (TPSA) is 60.8 Å². The molecule has 138 valence electrons. The lowest BCUT2D eigenvalue weighted by atomic mass is 9.74. The number of aliphatic carboxylic acids is 1. The van der Waals surface area contributed by atoms with Gasteiger partial charge in [0, 0.05) is 19.6 Å². The van der Waals surface area contributed by atoms with E-state index >= 15 is 0 Å². The van der Waals surface area contributed by atoms with Crippen molar-refractivity contribution >= 4 is 5.97 Å². The predicted molar refractivity (Wildman–Crippen MR) is 103 cm³/mol. The van der Waals surface area contributed by atoms with Crippen molar-refractivity contribution in [3.05, 3.63) is 60.2 Å². The molecule has 1 aliphatic heterocycles. The highest BCUT2D eigenvalue weighted by atomic mass is 16.4. The molecule has 0 amide bonds. The predicted octanol–water partition coefficient (Wildman–Crippen LogP) is 3.79. The van der Waals surface area contributed by atoms with Crippen molar-refractivity contribution in [2.24, 2.45) is 5.41 Å². The van der Waals surface area contributed by atoms with E-state index in [1.165, 1.54) is 11.1 Å². The van der Waals surface area contributed by atoms with Gasteiger partial charge in [-0.15, -0.1) is 0 Å². The van der Waals surface area contributed by atoms with Gasteiger partial charge in [0.25, 0.3) is 0 Å². The molecule has 1 saturated heterocycles. The van der Waals surface area contributed by atoms with Crippen molar-refractivity contribution in [1.29, 1.82) is 0 Å². The van der Waals surface area contributed by atoms with Crippen LogP contribution < -0.4 is 0 Å². The molecule has 0 unspecified atom stereocenters. The number of hydrogen-bond donors (Lipinski definition) is 2. The third kappa shape index (κ3) is 3.81. The van der Waals surface area contributed by atoms with E-state index < -0.39 is 17.5 Å². The smallest absolute Gasteiger partial charge is 0.313 e. The summed E-state index contributed by atoms with van der Waals surface area (Å²) in [6.07, 6.45) is 1.00. The molecule has 2 atom stereocenters. The maximum atomic E-state index is 11.9. The zero-order valence-corrected chi connectivity index (χ0v) is 15.3. The fraction of sp³-hybridized carbons (Fsp3) is 0.409. The van der Waals surface area contributed by atoms with Crippen LogP contribution in [0.5, 0.6) is 0 Å². The Morgan fingerprint density at radius 2 is 1.77 bits per heavy atom. The number of rotatable bonds is 6. The highest BCUT2D eigenvalue weighted by molar-refractivity contribution is 5.76. The summed E-state index contributed by atoms with van der Waals surface area (Å²) in [4.78, 5) is 14.1. The molecular weight excluding hydrogens is 326 g/mol. The zero-order valence-electron chi connectivity index (χ0n) is 15.3. The van der Waals surface area contributed by atoms with E-state index in [-0.39, 0.29) is 0 Å². The second kappa shape index (κ2) is 8.02. The monoisotopic (exact) mass is 353 g/mol. The molecule has 1 aliphatic rings. The number of likely N-dealkylation sites (tertiary alicyclic amines) is 1. The van der Waals surface area contributed by atoms with E-state index in [0.717, 1.165) is 18.5 Å². The Hall–Kier alpha value is -2.17. The Morgan fingerprint density at radius 3 is 2.38 bits per heavy atom. The molecule has 4 heteroatoms. The molecular formula is C22H27NO3. The van der Waals surface area contributed by atoms with Gasteiger partial charge in [-0.2, -0.15) is 0 Å². The average molecular weight is 353 g/mol. The molecule has 2 N–H and O–H groups in total. The van der Waals surface area contributed by atoms with Gasteiger partial charge >= 0.3 is 5.97 Å². The molecule has 26 heavy (non-hydrogen) atoms. The standard InChI is InChI=1S/C22H27NO3/c1-2-13-22(21(25)26)16-23(14-12-20(22)24)15-17-8-10-19(11-9-17)18-6-4-3-5-7-18/h3-11,20,24H,2,12-16H2,1H3,(H,25,26)/t20-,22+/m0/s1. The van der Waals surface area contributed by atoms with Crippen LogP contribution in [0.3, 0.4) is 0 Å². The lowest BCUT2D eigenvalue weighted by Crippen LogP contribution is -2.55. The van der Waals surface area contributed by atoms with E-state index in [2.05, 4.69) is 41.3 Å². The van der Waals surface area contributed by atoms with Gasteiger partial charge in [-0.1, -0.05) is 67.9 Å². The SMILES string of the molecule is CCC[C@@]1(C(=O)O)CN(Cc2ccc(-c3ccccc3)cc2)CC[C@@H]1O. The number of carboxylic acid groups (broad SMARTS) is 1. The lowest BCUT2D eigenvalue weighted by molar-refractivity contribution is -0.164. The highest BCUT2D eigenvalue weighted by Gasteiger charge is 2.48. The van der Waals surface area contributed by atoms with Gasteiger partial charge in [0.15, 0.2) is 0 Å². The Bertz CT molecular complexity index is 729. The summed E-state index contributed by atoms with van der Waals surface area (Å²) < 4.78 is 0. The van der Waals surface area contributed by atoms with E-state index in [0.29, 0.717) is 25.9 Å². The quantitative estimate of drug-likeness (QED) is 0.829. The van der Waals surface area contributed by atoms with Crippen molar-refractivity contribution in [3.8, 4) is 11.1 Å². The fourth-order valence-corrected chi connectivity index (χ4v) is 4.00. The minimum Gasteiger partial charge on any atom is -0.481 e. The second-order valence-electron chi connectivity index (χ2n) is 7.29. The van der Waals surface area contributed by atoms with Gasteiger partial charge in [-0.05, 0) is 29.5 Å². The fourth-order valence-electron chi connectivity index (χ4n) is 4.00. The van der Waals surface area contributed by atoms with Crippen molar-refractivity contribution in [1.82, 2.24) is 4.90 Å². The van der Waals surface area contributed by atoms with Gasteiger partial charge in [-0.3, -0.25) is 9.69 Å². The van der Waals surface area contributed by atoms with Crippen molar-refractivity contribution in [2.45, 2.75) is 38.8 Å². The van der Waals surface area contributed by atoms with Crippen LogP contribution in [0, 0.1) is 5.41 Å². The summed E-state index contributed by atoms with van der Waals surface area (Å²) >= 11 is 0. The minimum atomic E-state index is -1.04. The molecule has 4 nitrogen and oxygen atoms in total. The summed E-state index contributed by atoms with van der Waals surface area (Å²) in [6, 6.07) is 18.7. The number of benzene rings is 2. The second-order valence-corrected chi connectivity index (χ2v) is 7.29. The number of aliphatic hydroxyl groups excluding tert-OH is 1. The molecule has 0 aliphatic carbocycles. The third-order valence-electron chi connectivity index (χ3n) is 5.45. The number of nitrogens with zero attached hydrogens (tertiary/aromatic N) is 1. The van der Waals surface area contributed by atoms with Gasteiger partial charge < -0.3 is 10.2 Å². The van der Waals surface area contributed by atoms with Gasteiger partial charge in [0.2, 0.25) is 0 Å². The largest absolute Gasteiger partial charge is 0.481 e. The van der Waals surface area contributed by atoms with Crippen LogP contribution in [0.2, 0.25) is 0 Å². The van der Waals surface area contributed by atoms with Gasteiger partial charge in [-0.25, -0.2) is 0 Å². The number of carbonyl (C=O) groups is 1. The minimum absolute atomic E-state index is 0.401. The molecule has 3 rings (SSSR count). The summed E-state index contributed by atoms with van der Waals surface area (Å²) in [7, 11) is 0. The van der Waals surface area contributed by atoms with Crippen molar-refractivity contribution in [3.63, 3.8) is 0 Å². The van der Waals surface area contributed by atoms with E-state index in [1.807, 2.05) is 25.1 Å². The Labute approximate surface area is 155 Å². The summed E-state index contributed by atoms with van der Waals surface area (Å²) in [6.45, 7) is 3.80. The molecule has 2 aromatic rings. The van der Waals surface area contributed by atoms with E-state index in [9.17, 15) is 15.0 Å². The van der Waals surface area contributed by atoms with E-state index in [1.54, 1.807) is 0 Å². The number of hydrogen-bond acceptors (Lipinski definition) is 3. The van der Waals surface area contributed by atoms with Crippen LogP contribution in [0.4, 0.5) is 0 Å².